The molecule has 0 fully saturated rings. The van der Waals surface area contributed by atoms with Crippen LogP contribution in [-0.4, -0.2) is 29.1 Å². The van der Waals surface area contributed by atoms with Gasteiger partial charge in [-0.1, -0.05) is 31.2 Å². The first-order chi connectivity index (χ1) is 9.20. The van der Waals surface area contributed by atoms with E-state index < -0.39 is 0 Å². The molecule has 2 rings (SSSR count). The number of hydrogen-bond donors (Lipinski definition) is 2. The molecular formula is C15H18N2O2. The maximum absolute atomic E-state index is 12.0. The molecule has 4 heteroatoms. The van der Waals surface area contributed by atoms with E-state index in [2.05, 4.69) is 10.3 Å². The van der Waals surface area contributed by atoms with E-state index >= 15 is 0 Å². The second-order valence-corrected chi connectivity index (χ2v) is 4.72. The summed E-state index contributed by atoms with van der Waals surface area (Å²) in [6, 6.07) is 11.3. The summed E-state index contributed by atoms with van der Waals surface area (Å²) in [5.41, 5.74) is 1.24. The van der Waals surface area contributed by atoms with Crippen LogP contribution in [0.1, 0.15) is 23.8 Å². The van der Waals surface area contributed by atoms with Crippen LogP contribution in [0.15, 0.2) is 36.4 Å². The third-order valence-electron chi connectivity index (χ3n) is 3.06. The molecule has 0 aliphatic heterocycles. The number of pyridine rings is 1. The fourth-order valence-corrected chi connectivity index (χ4v) is 1.87. The number of carbonyl (C=O) groups excluding carboxylic acids is 1. The zero-order valence-corrected chi connectivity index (χ0v) is 11.0. The fourth-order valence-electron chi connectivity index (χ4n) is 1.87. The molecule has 100 valence electrons. The highest BCUT2D eigenvalue weighted by Crippen LogP contribution is 2.11. The van der Waals surface area contributed by atoms with Gasteiger partial charge in [0.05, 0.1) is 5.52 Å². The first-order valence-corrected chi connectivity index (χ1v) is 6.45. The molecule has 1 unspecified atom stereocenters. The predicted octanol–water partition coefficient (Wildman–Crippen LogP) is 1.98. The van der Waals surface area contributed by atoms with E-state index in [1.165, 1.54) is 0 Å². The van der Waals surface area contributed by atoms with Gasteiger partial charge in [-0.05, 0) is 24.5 Å². The van der Waals surface area contributed by atoms with Crippen LogP contribution >= 0.6 is 0 Å². The van der Waals surface area contributed by atoms with Crippen molar-refractivity contribution in [1.82, 2.24) is 10.3 Å². The highest BCUT2D eigenvalue weighted by Gasteiger charge is 2.09. The summed E-state index contributed by atoms with van der Waals surface area (Å²) in [6.45, 7) is 2.68. The molecule has 0 spiro atoms. The Hall–Kier alpha value is -1.94. The van der Waals surface area contributed by atoms with Crippen LogP contribution in [0.4, 0.5) is 0 Å². The number of nitrogens with zero attached hydrogens (tertiary/aromatic N) is 1. The van der Waals surface area contributed by atoms with Crippen LogP contribution in [0.3, 0.4) is 0 Å². The molecule has 0 radical (unpaired) electrons. The molecule has 0 bridgehead atoms. The standard InChI is InChI=1S/C15H18N2O2/c1-11(8-9-18)10-16-15(19)14-7-6-12-4-2-3-5-13(12)17-14/h2-7,11,18H,8-10H2,1H3,(H,16,19). The molecule has 4 nitrogen and oxygen atoms in total. The summed E-state index contributed by atoms with van der Waals surface area (Å²) in [7, 11) is 0. The molecule has 1 aromatic heterocycles. The summed E-state index contributed by atoms with van der Waals surface area (Å²) < 4.78 is 0. The Morgan fingerprint density at radius 3 is 2.89 bits per heavy atom. The highest BCUT2D eigenvalue weighted by molar-refractivity contribution is 5.94. The lowest BCUT2D eigenvalue weighted by Gasteiger charge is -2.11. The lowest BCUT2D eigenvalue weighted by Crippen LogP contribution is -2.29. The maximum Gasteiger partial charge on any atom is 0.269 e. The maximum atomic E-state index is 12.0. The second-order valence-electron chi connectivity index (χ2n) is 4.72. The number of carbonyl (C=O) groups is 1. The number of nitrogens with one attached hydrogen (secondary N) is 1. The quantitative estimate of drug-likeness (QED) is 0.862. The van der Waals surface area contributed by atoms with Gasteiger partial charge in [-0.15, -0.1) is 0 Å². The minimum atomic E-state index is -0.171. The van der Waals surface area contributed by atoms with Crippen LogP contribution in [0.2, 0.25) is 0 Å². The SMILES string of the molecule is CC(CCO)CNC(=O)c1ccc2ccccc2n1. The van der Waals surface area contributed by atoms with Crippen LogP contribution in [-0.2, 0) is 0 Å². The van der Waals surface area contributed by atoms with Crippen molar-refractivity contribution in [3.05, 3.63) is 42.1 Å². The largest absolute Gasteiger partial charge is 0.396 e. The van der Waals surface area contributed by atoms with E-state index in [9.17, 15) is 4.79 Å². The molecule has 1 amide bonds. The predicted molar refractivity (Wildman–Crippen MR) is 74.9 cm³/mol. The van der Waals surface area contributed by atoms with Gasteiger partial charge >= 0.3 is 0 Å². The number of amides is 1. The molecule has 1 atom stereocenters. The van der Waals surface area contributed by atoms with E-state index in [1.807, 2.05) is 37.3 Å². The number of fused-ring (bicyclic) bond motifs is 1. The van der Waals surface area contributed by atoms with Crippen LogP contribution in [0.25, 0.3) is 10.9 Å². The van der Waals surface area contributed by atoms with Gasteiger partial charge in [0.15, 0.2) is 0 Å². The van der Waals surface area contributed by atoms with Crippen molar-refractivity contribution in [2.75, 3.05) is 13.2 Å². The number of aliphatic hydroxyl groups is 1. The number of para-hydroxylation sites is 1. The molecular weight excluding hydrogens is 240 g/mol. The van der Waals surface area contributed by atoms with Gasteiger partial charge in [0.1, 0.15) is 5.69 Å². The van der Waals surface area contributed by atoms with Crippen molar-refractivity contribution >= 4 is 16.8 Å². The summed E-state index contributed by atoms with van der Waals surface area (Å²) in [5.74, 6) is 0.0879. The summed E-state index contributed by atoms with van der Waals surface area (Å²) in [5, 5.41) is 12.7. The van der Waals surface area contributed by atoms with E-state index in [4.69, 9.17) is 5.11 Å². The Balaban J connectivity index is 2.05. The van der Waals surface area contributed by atoms with Crippen molar-refractivity contribution < 1.29 is 9.90 Å². The van der Waals surface area contributed by atoms with Crippen LogP contribution in [0.5, 0.6) is 0 Å². The average molecular weight is 258 g/mol. The van der Waals surface area contributed by atoms with E-state index in [1.54, 1.807) is 6.07 Å². The summed E-state index contributed by atoms with van der Waals surface area (Å²) in [6.07, 6.45) is 0.686. The third-order valence-corrected chi connectivity index (χ3v) is 3.06. The summed E-state index contributed by atoms with van der Waals surface area (Å²) >= 11 is 0. The molecule has 0 aliphatic carbocycles. The molecule has 1 heterocycles. The number of aliphatic hydroxyl groups excluding tert-OH is 1. The average Bonchev–Trinajstić information content (AvgIpc) is 2.44. The van der Waals surface area contributed by atoms with Gasteiger partial charge in [0.2, 0.25) is 0 Å². The lowest BCUT2D eigenvalue weighted by molar-refractivity contribution is 0.0941. The smallest absolute Gasteiger partial charge is 0.269 e. The van der Waals surface area contributed by atoms with Gasteiger partial charge in [-0.2, -0.15) is 0 Å². The van der Waals surface area contributed by atoms with Gasteiger partial charge in [-0.3, -0.25) is 4.79 Å². The van der Waals surface area contributed by atoms with Crippen LogP contribution in [0, 0.1) is 5.92 Å². The van der Waals surface area contributed by atoms with Crippen LogP contribution < -0.4 is 5.32 Å². The molecule has 0 aliphatic rings. The van der Waals surface area contributed by atoms with E-state index in [-0.39, 0.29) is 18.4 Å². The molecule has 0 saturated carbocycles. The lowest BCUT2D eigenvalue weighted by atomic mass is 10.1. The number of aromatic nitrogens is 1. The Kier molecular flexibility index (Phi) is 4.47. The highest BCUT2D eigenvalue weighted by atomic mass is 16.3. The Morgan fingerprint density at radius 1 is 1.32 bits per heavy atom. The van der Waals surface area contributed by atoms with Gasteiger partial charge < -0.3 is 10.4 Å². The minimum absolute atomic E-state index is 0.144. The number of rotatable bonds is 5. The van der Waals surface area contributed by atoms with Crippen molar-refractivity contribution in [3.8, 4) is 0 Å². The summed E-state index contributed by atoms with van der Waals surface area (Å²) in [4.78, 5) is 16.3. The molecule has 0 saturated heterocycles. The fraction of sp³-hybridized carbons (Fsp3) is 0.333. The van der Waals surface area contributed by atoms with Crippen molar-refractivity contribution in [2.45, 2.75) is 13.3 Å². The third kappa shape index (κ3) is 3.51. The van der Waals surface area contributed by atoms with Crippen molar-refractivity contribution in [1.29, 1.82) is 0 Å². The van der Waals surface area contributed by atoms with Gasteiger partial charge in [0, 0.05) is 18.5 Å². The Bertz CT molecular complexity index is 569. The normalized spacial score (nSPS) is 12.3. The van der Waals surface area contributed by atoms with E-state index in [0.717, 1.165) is 10.9 Å². The van der Waals surface area contributed by atoms with E-state index in [0.29, 0.717) is 18.7 Å². The Morgan fingerprint density at radius 2 is 2.11 bits per heavy atom. The topological polar surface area (TPSA) is 62.2 Å². The molecule has 1 aromatic carbocycles. The monoisotopic (exact) mass is 258 g/mol. The van der Waals surface area contributed by atoms with Crippen molar-refractivity contribution in [2.24, 2.45) is 5.92 Å². The minimum Gasteiger partial charge on any atom is -0.396 e. The first-order valence-electron chi connectivity index (χ1n) is 6.45. The van der Waals surface area contributed by atoms with Gasteiger partial charge in [0.25, 0.3) is 5.91 Å². The Labute approximate surface area is 112 Å². The van der Waals surface area contributed by atoms with Gasteiger partial charge in [-0.25, -0.2) is 4.98 Å². The zero-order chi connectivity index (χ0) is 13.7. The second kappa shape index (κ2) is 6.29. The first kappa shape index (κ1) is 13.5. The molecule has 19 heavy (non-hydrogen) atoms. The number of hydrogen-bond acceptors (Lipinski definition) is 3. The molecule has 2 N–H and O–H groups in total. The number of benzene rings is 1. The molecule has 2 aromatic rings. The van der Waals surface area contributed by atoms with Crippen molar-refractivity contribution in [3.63, 3.8) is 0 Å². The zero-order valence-electron chi connectivity index (χ0n) is 11.0.